The predicted octanol–water partition coefficient (Wildman–Crippen LogP) is 3.11. The van der Waals surface area contributed by atoms with Crippen LogP contribution in [0.5, 0.6) is 0 Å². The molecule has 25 heavy (non-hydrogen) atoms. The first kappa shape index (κ1) is 19.0. The van der Waals surface area contributed by atoms with E-state index in [1.165, 1.54) is 11.8 Å². The molecule has 0 saturated carbocycles. The van der Waals surface area contributed by atoms with E-state index in [9.17, 15) is 0 Å². The third-order valence-electron chi connectivity index (χ3n) is 3.26. The molecule has 2 rings (SSSR count). The molecule has 7 nitrogen and oxygen atoms in total. The molecule has 0 radical (unpaired) electrons. The number of hydrogen-bond donors (Lipinski definition) is 2. The van der Waals surface area contributed by atoms with E-state index in [0.717, 1.165) is 5.56 Å². The van der Waals surface area contributed by atoms with Gasteiger partial charge in [-0.2, -0.15) is 20.2 Å². The van der Waals surface area contributed by atoms with Gasteiger partial charge < -0.3 is 15.4 Å². The van der Waals surface area contributed by atoms with Crippen molar-refractivity contribution in [2.45, 2.75) is 25.0 Å². The van der Waals surface area contributed by atoms with E-state index in [4.69, 9.17) is 10.00 Å². The summed E-state index contributed by atoms with van der Waals surface area (Å²) in [5.41, 5.74) is 1.14. The lowest BCUT2D eigenvalue weighted by Gasteiger charge is -2.15. The minimum atomic E-state index is 0.0497. The molecule has 0 aliphatic carbocycles. The van der Waals surface area contributed by atoms with Gasteiger partial charge in [-0.3, -0.25) is 0 Å². The van der Waals surface area contributed by atoms with Crippen molar-refractivity contribution in [2.24, 2.45) is 0 Å². The summed E-state index contributed by atoms with van der Waals surface area (Å²) in [7, 11) is 0. The van der Waals surface area contributed by atoms with Gasteiger partial charge in [-0.15, -0.1) is 0 Å². The first-order valence-electron chi connectivity index (χ1n) is 8.11. The highest BCUT2D eigenvalue weighted by atomic mass is 32.2. The Morgan fingerprint density at radius 3 is 2.68 bits per heavy atom. The van der Waals surface area contributed by atoms with E-state index in [1.54, 1.807) is 0 Å². The molecule has 1 aromatic carbocycles. The third kappa shape index (κ3) is 6.57. The number of rotatable bonds is 10. The quantitative estimate of drug-likeness (QED) is 0.494. The van der Waals surface area contributed by atoms with Gasteiger partial charge >= 0.3 is 0 Å². The monoisotopic (exact) mass is 358 g/mol. The molecule has 2 aromatic rings. The van der Waals surface area contributed by atoms with Gasteiger partial charge in [-0.25, -0.2) is 0 Å². The number of ether oxygens (including phenoxy) is 1. The average molecular weight is 358 g/mol. The molecule has 132 valence electrons. The van der Waals surface area contributed by atoms with Crippen molar-refractivity contribution in [3.05, 3.63) is 35.9 Å². The molecule has 0 saturated heterocycles. The van der Waals surface area contributed by atoms with Crippen LogP contribution in [0.25, 0.3) is 0 Å². The maximum atomic E-state index is 8.77. The van der Waals surface area contributed by atoms with Crippen LogP contribution in [-0.4, -0.2) is 40.5 Å². The zero-order chi connectivity index (χ0) is 17.9. The minimum Gasteiger partial charge on any atom is -0.380 e. The van der Waals surface area contributed by atoms with Gasteiger partial charge in [0.15, 0.2) is 5.16 Å². The summed E-state index contributed by atoms with van der Waals surface area (Å²) < 4.78 is 5.31. The number of nitrogens with one attached hydrogen (secondary N) is 2. The third-order valence-corrected chi connectivity index (χ3v) is 3.97. The highest BCUT2D eigenvalue weighted by molar-refractivity contribution is 7.99. The van der Waals surface area contributed by atoms with Crippen LogP contribution in [0, 0.1) is 11.3 Å². The Morgan fingerprint density at radius 2 is 1.96 bits per heavy atom. The Labute approximate surface area is 152 Å². The fraction of sp³-hybridized carbons (Fsp3) is 0.412. The molecule has 0 aliphatic heterocycles. The molecule has 8 heteroatoms. The smallest absolute Gasteiger partial charge is 0.228 e. The second-order valence-electron chi connectivity index (χ2n) is 5.11. The van der Waals surface area contributed by atoms with Crippen molar-refractivity contribution in [3.8, 4) is 6.07 Å². The van der Waals surface area contributed by atoms with E-state index in [1.807, 2.05) is 44.2 Å². The zero-order valence-corrected chi connectivity index (χ0v) is 15.2. The van der Waals surface area contributed by atoms with Gasteiger partial charge in [0.05, 0.1) is 24.5 Å². The second kappa shape index (κ2) is 10.5. The summed E-state index contributed by atoms with van der Waals surface area (Å²) in [5, 5.41) is 15.7. The minimum absolute atomic E-state index is 0.0497. The number of benzene rings is 1. The Morgan fingerprint density at radius 1 is 1.20 bits per heavy atom. The van der Waals surface area contributed by atoms with Gasteiger partial charge in [0, 0.05) is 13.2 Å². The molecule has 0 fully saturated rings. The molecular weight excluding hydrogens is 336 g/mol. The van der Waals surface area contributed by atoms with E-state index in [-0.39, 0.29) is 11.8 Å². The fourth-order valence-electron chi connectivity index (χ4n) is 2.06. The summed E-state index contributed by atoms with van der Waals surface area (Å²) in [6, 6.07) is 12.2. The molecular formula is C17H22N6OS. The standard InChI is InChI=1S/C17H22N6OS/c1-3-24-11-10-19-15-21-16(23-17(22-15)25-12-9-18)20-13(2)14-7-5-4-6-8-14/h4-8,13H,3,10-12H2,1-2H3,(H2,19,20,21,22,23). The van der Waals surface area contributed by atoms with Crippen LogP contribution in [0.4, 0.5) is 11.9 Å². The topological polar surface area (TPSA) is 95.8 Å². The summed E-state index contributed by atoms with van der Waals surface area (Å²) in [4.78, 5) is 13.1. The van der Waals surface area contributed by atoms with Crippen molar-refractivity contribution in [1.29, 1.82) is 5.26 Å². The molecule has 1 unspecified atom stereocenters. The maximum absolute atomic E-state index is 8.77. The highest BCUT2D eigenvalue weighted by Crippen LogP contribution is 2.20. The first-order chi connectivity index (χ1) is 12.2. The number of thioether (sulfide) groups is 1. The molecule has 2 N–H and O–H groups in total. The van der Waals surface area contributed by atoms with Crippen molar-refractivity contribution in [3.63, 3.8) is 0 Å². The Balaban J connectivity index is 2.10. The summed E-state index contributed by atoms with van der Waals surface area (Å²) in [6.07, 6.45) is 0. The lowest BCUT2D eigenvalue weighted by Crippen LogP contribution is -2.15. The van der Waals surface area contributed by atoms with Gasteiger partial charge in [0.25, 0.3) is 0 Å². The van der Waals surface area contributed by atoms with E-state index in [0.29, 0.717) is 36.8 Å². The lowest BCUT2D eigenvalue weighted by atomic mass is 10.1. The van der Waals surface area contributed by atoms with Crippen molar-refractivity contribution in [1.82, 2.24) is 15.0 Å². The van der Waals surface area contributed by atoms with Crippen molar-refractivity contribution >= 4 is 23.7 Å². The van der Waals surface area contributed by atoms with Crippen LogP contribution in [0.15, 0.2) is 35.5 Å². The maximum Gasteiger partial charge on any atom is 0.228 e. The van der Waals surface area contributed by atoms with Gasteiger partial charge in [-0.05, 0) is 19.4 Å². The van der Waals surface area contributed by atoms with Gasteiger partial charge in [-0.1, -0.05) is 42.1 Å². The second-order valence-corrected chi connectivity index (χ2v) is 6.05. The number of nitriles is 1. The normalized spacial score (nSPS) is 11.6. The van der Waals surface area contributed by atoms with Gasteiger partial charge in [0.1, 0.15) is 0 Å². The van der Waals surface area contributed by atoms with Crippen molar-refractivity contribution < 1.29 is 4.74 Å². The first-order valence-corrected chi connectivity index (χ1v) is 9.10. The summed E-state index contributed by atoms with van der Waals surface area (Å²) in [6.45, 7) is 5.85. The number of anilines is 2. The number of hydrogen-bond acceptors (Lipinski definition) is 8. The summed E-state index contributed by atoms with van der Waals surface area (Å²) >= 11 is 1.28. The summed E-state index contributed by atoms with van der Waals surface area (Å²) in [5.74, 6) is 1.24. The average Bonchev–Trinajstić information content (AvgIpc) is 2.64. The molecule has 0 amide bonds. The van der Waals surface area contributed by atoms with Crippen molar-refractivity contribution in [2.75, 3.05) is 36.1 Å². The molecule has 1 atom stereocenters. The van der Waals surface area contributed by atoms with Crippen LogP contribution >= 0.6 is 11.8 Å². The lowest BCUT2D eigenvalue weighted by molar-refractivity contribution is 0.158. The van der Waals surface area contributed by atoms with E-state index >= 15 is 0 Å². The zero-order valence-electron chi connectivity index (χ0n) is 14.4. The van der Waals surface area contributed by atoms with E-state index < -0.39 is 0 Å². The molecule has 0 spiro atoms. The Bertz CT molecular complexity index is 691. The van der Waals surface area contributed by atoms with Crippen LogP contribution in [0.2, 0.25) is 0 Å². The molecule has 1 aromatic heterocycles. The van der Waals surface area contributed by atoms with E-state index in [2.05, 4.69) is 31.7 Å². The Kier molecular flexibility index (Phi) is 7.95. The number of aromatic nitrogens is 3. The SMILES string of the molecule is CCOCCNc1nc(NC(C)c2ccccc2)nc(SCC#N)n1. The predicted molar refractivity (Wildman–Crippen MR) is 99.6 cm³/mol. The largest absolute Gasteiger partial charge is 0.380 e. The van der Waals surface area contributed by atoms with Crippen LogP contribution in [-0.2, 0) is 4.74 Å². The Hall–Kier alpha value is -2.37. The number of nitrogens with zero attached hydrogens (tertiary/aromatic N) is 4. The van der Waals surface area contributed by atoms with Crippen LogP contribution in [0.3, 0.4) is 0 Å². The molecule has 0 aliphatic rings. The highest BCUT2D eigenvalue weighted by Gasteiger charge is 2.11. The van der Waals surface area contributed by atoms with Crippen LogP contribution in [0.1, 0.15) is 25.5 Å². The molecule has 1 heterocycles. The fourth-order valence-corrected chi connectivity index (χ4v) is 2.56. The molecule has 0 bridgehead atoms. The van der Waals surface area contributed by atoms with Gasteiger partial charge in [0.2, 0.25) is 11.9 Å². The van der Waals surface area contributed by atoms with Crippen LogP contribution < -0.4 is 10.6 Å².